The van der Waals surface area contributed by atoms with E-state index in [9.17, 15) is 0 Å². The van der Waals surface area contributed by atoms with Crippen LogP contribution < -0.4 is 5.32 Å². The van der Waals surface area contributed by atoms with Gasteiger partial charge in [-0.15, -0.1) is 0 Å². The molecular formula is C16H25NO. The zero-order valence-electron chi connectivity index (χ0n) is 11.4. The first-order valence-electron chi connectivity index (χ1n) is 7.21. The van der Waals surface area contributed by atoms with E-state index in [1.807, 2.05) is 0 Å². The quantitative estimate of drug-likeness (QED) is 0.833. The molecule has 1 aromatic rings. The van der Waals surface area contributed by atoms with Crippen LogP contribution in [0.5, 0.6) is 0 Å². The fourth-order valence-electron chi connectivity index (χ4n) is 2.68. The van der Waals surface area contributed by atoms with Gasteiger partial charge in [0, 0.05) is 12.6 Å². The van der Waals surface area contributed by atoms with Crippen LogP contribution in [0.2, 0.25) is 0 Å². The molecule has 1 fully saturated rings. The molecule has 2 nitrogen and oxygen atoms in total. The van der Waals surface area contributed by atoms with Gasteiger partial charge in [0.25, 0.3) is 0 Å². The minimum atomic E-state index is 0.479. The van der Waals surface area contributed by atoms with Crippen LogP contribution in [-0.2, 0) is 11.2 Å². The number of aryl methyl sites for hydroxylation is 1. The van der Waals surface area contributed by atoms with Crippen molar-refractivity contribution in [1.82, 2.24) is 5.32 Å². The number of benzene rings is 1. The fraction of sp³-hybridized carbons (Fsp3) is 0.625. The van der Waals surface area contributed by atoms with Crippen LogP contribution in [0.1, 0.15) is 37.7 Å². The van der Waals surface area contributed by atoms with Gasteiger partial charge in [0.15, 0.2) is 0 Å². The third kappa shape index (κ3) is 4.43. The maximum atomic E-state index is 5.82. The average Bonchev–Trinajstić information content (AvgIpc) is 2.45. The summed E-state index contributed by atoms with van der Waals surface area (Å²) in [7, 11) is 2.07. The van der Waals surface area contributed by atoms with Gasteiger partial charge in [-0.25, -0.2) is 0 Å². The monoisotopic (exact) mass is 247 g/mol. The summed E-state index contributed by atoms with van der Waals surface area (Å²) in [6.45, 7) is 0.958. The van der Waals surface area contributed by atoms with E-state index in [0.717, 1.165) is 19.4 Å². The molecule has 1 saturated heterocycles. The van der Waals surface area contributed by atoms with E-state index in [4.69, 9.17) is 4.74 Å². The molecule has 0 radical (unpaired) electrons. The molecule has 0 aliphatic carbocycles. The summed E-state index contributed by atoms with van der Waals surface area (Å²) in [4.78, 5) is 0. The van der Waals surface area contributed by atoms with Crippen molar-refractivity contribution in [2.75, 3.05) is 13.7 Å². The SMILES string of the molecule is CNC(CCc1ccccc1)CC1CCCCO1. The first-order chi connectivity index (χ1) is 8.88. The van der Waals surface area contributed by atoms with E-state index in [1.165, 1.54) is 31.2 Å². The van der Waals surface area contributed by atoms with Crippen molar-refractivity contribution in [2.45, 2.75) is 50.7 Å². The van der Waals surface area contributed by atoms with E-state index >= 15 is 0 Å². The lowest BCUT2D eigenvalue weighted by atomic mass is 9.97. The molecule has 0 aromatic heterocycles. The maximum Gasteiger partial charge on any atom is 0.0590 e. The highest BCUT2D eigenvalue weighted by molar-refractivity contribution is 5.14. The Morgan fingerprint density at radius 3 is 2.78 bits per heavy atom. The summed E-state index contributed by atoms with van der Waals surface area (Å²) >= 11 is 0. The van der Waals surface area contributed by atoms with E-state index in [2.05, 4.69) is 42.7 Å². The molecule has 2 unspecified atom stereocenters. The lowest BCUT2D eigenvalue weighted by Crippen LogP contribution is -2.33. The Balaban J connectivity index is 1.74. The Morgan fingerprint density at radius 2 is 2.11 bits per heavy atom. The second kappa shape index (κ2) is 7.55. The van der Waals surface area contributed by atoms with Crippen LogP contribution in [-0.4, -0.2) is 25.8 Å². The topological polar surface area (TPSA) is 21.3 Å². The molecule has 1 heterocycles. The van der Waals surface area contributed by atoms with Crippen LogP contribution in [0.3, 0.4) is 0 Å². The third-order valence-corrected chi connectivity index (χ3v) is 3.85. The number of rotatable bonds is 6. The third-order valence-electron chi connectivity index (χ3n) is 3.85. The van der Waals surface area contributed by atoms with Crippen molar-refractivity contribution in [1.29, 1.82) is 0 Å². The van der Waals surface area contributed by atoms with Gasteiger partial charge < -0.3 is 10.1 Å². The standard InChI is InChI=1S/C16H25NO/c1-17-15(13-16-9-5-6-12-18-16)11-10-14-7-3-2-4-8-14/h2-4,7-8,15-17H,5-6,9-13H2,1H3. The van der Waals surface area contributed by atoms with Crippen molar-refractivity contribution in [2.24, 2.45) is 0 Å². The Morgan fingerprint density at radius 1 is 1.28 bits per heavy atom. The minimum absolute atomic E-state index is 0.479. The molecule has 1 aliphatic heterocycles. The normalized spacial score (nSPS) is 21.7. The van der Waals surface area contributed by atoms with Gasteiger partial charge in [-0.3, -0.25) is 0 Å². The molecule has 1 N–H and O–H groups in total. The lowest BCUT2D eigenvalue weighted by molar-refractivity contribution is 0.00519. The molecule has 2 rings (SSSR count). The van der Waals surface area contributed by atoms with E-state index < -0.39 is 0 Å². The van der Waals surface area contributed by atoms with Gasteiger partial charge in [0.05, 0.1) is 6.10 Å². The first-order valence-corrected chi connectivity index (χ1v) is 7.21. The molecular weight excluding hydrogens is 222 g/mol. The zero-order valence-corrected chi connectivity index (χ0v) is 11.4. The van der Waals surface area contributed by atoms with Crippen LogP contribution >= 0.6 is 0 Å². The fourth-order valence-corrected chi connectivity index (χ4v) is 2.68. The maximum absolute atomic E-state index is 5.82. The molecule has 0 saturated carbocycles. The smallest absolute Gasteiger partial charge is 0.0590 e. The summed E-state index contributed by atoms with van der Waals surface area (Å²) in [5, 5.41) is 3.44. The number of hydrogen-bond acceptors (Lipinski definition) is 2. The first kappa shape index (κ1) is 13.6. The van der Waals surface area contributed by atoms with Gasteiger partial charge in [0.2, 0.25) is 0 Å². The van der Waals surface area contributed by atoms with Gasteiger partial charge in [-0.2, -0.15) is 0 Å². The van der Waals surface area contributed by atoms with Crippen LogP contribution in [0, 0.1) is 0 Å². The minimum Gasteiger partial charge on any atom is -0.378 e. The number of nitrogens with one attached hydrogen (secondary N) is 1. The van der Waals surface area contributed by atoms with Gasteiger partial charge in [-0.1, -0.05) is 30.3 Å². The number of hydrogen-bond donors (Lipinski definition) is 1. The summed E-state index contributed by atoms with van der Waals surface area (Å²) in [5.41, 5.74) is 1.43. The molecule has 0 amide bonds. The molecule has 1 aliphatic rings. The van der Waals surface area contributed by atoms with Crippen molar-refractivity contribution >= 4 is 0 Å². The molecule has 0 bridgehead atoms. The van der Waals surface area contributed by atoms with Crippen LogP contribution in [0.15, 0.2) is 30.3 Å². The molecule has 1 aromatic carbocycles. The van der Waals surface area contributed by atoms with Gasteiger partial charge in [0.1, 0.15) is 0 Å². The second-order valence-corrected chi connectivity index (χ2v) is 5.23. The molecule has 100 valence electrons. The van der Waals surface area contributed by atoms with Crippen LogP contribution in [0.25, 0.3) is 0 Å². The summed E-state index contributed by atoms with van der Waals surface area (Å²) in [5.74, 6) is 0. The summed E-state index contributed by atoms with van der Waals surface area (Å²) in [6.07, 6.45) is 7.79. The Hall–Kier alpha value is -0.860. The van der Waals surface area contributed by atoms with Crippen molar-refractivity contribution in [3.63, 3.8) is 0 Å². The van der Waals surface area contributed by atoms with E-state index in [-0.39, 0.29) is 0 Å². The molecule has 18 heavy (non-hydrogen) atoms. The second-order valence-electron chi connectivity index (χ2n) is 5.23. The summed E-state index contributed by atoms with van der Waals surface area (Å²) < 4.78 is 5.82. The predicted molar refractivity (Wildman–Crippen MR) is 75.8 cm³/mol. The van der Waals surface area contributed by atoms with E-state index in [0.29, 0.717) is 12.1 Å². The largest absolute Gasteiger partial charge is 0.378 e. The Bertz CT molecular complexity index is 319. The highest BCUT2D eigenvalue weighted by Gasteiger charge is 2.18. The zero-order chi connectivity index (χ0) is 12.6. The van der Waals surface area contributed by atoms with Crippen molar-refractivity contribution in [3.05, 3.63) is 35.9 Å². The van der Waals surface area contributed by atoms with E-state index in [1.54, 1.807) is 0 Å². The predicted octanol–water partition coefficient (Wildman–Crippen LogP) is 3.17. The lowest BCUT2D eigenvalue weighted by Gasteiger charge is -2.27. The van der Waals surface area contributed by atoms with Crippen LogP contribution in [0.4, 0.5) is 0 Å². The summed E-state index contributed by atoms with van der Waals surface area (Å²) in [6, 6.07) is 11.3. The van der Waals surface area contributed by atoms with Gasteiger partial charge in [-0.05, 0) is 51.1 Å². The molecule has 2 atom stereocenters. The number of ether oxygens (including phenoxy) is 1. The van der Waals surface area contributed by atoms with Crippen molar-refractivity contribution in [3.8, 4) is 0 Å². The molecule has 2 heteroatoms. The highest BCUT2D eigenvalue weighted by atomic mass is 16.5. The van der Waals surface area contributed by atoms with Gasteiger partial charge >= 0.3 is 0 Å². The Labute approximate surface area is 111 Å². The van der Waals surface area contributed by atoms with Crippen molar-refractivity contribution < 1.29 is 4.74 Å². The Kier molecular flexibility index (Phi) is 5.69. The molecule has 0 spiro atoms. The highest BCUT2D eigenvalue weighted by Crippen LogP contribution is 2.19. The average molecular weight is 247 g/mol.